The monoisotopic (exact) mass is 381 g/mol. The first-order valence-electron chi connectivity index (χ1n) is 9.16. The van der Waals surface area contributed by atoms with E-state index < -0.39 is 0 Å². The van der Waals surface area contributed by atoms with E-state index in [0.29, 0.717) is 23.5 Å². The third kappa shape index (κ3) is 5.72. The van der Waals surface area contributed by atoms with Gasteiger partial charge in [0.25, 0.3) is 5.91 Å². The van der Waals surface area contributed by atoms with Crippen molar-refractivity contribution < 1.29 is 9.59 Å². The van der Waals surface area contributed by atoms with Gasteiger partial charge in [-0.05, 0) is 24.3 Å². The second-order valence-corrected chi connectivity index (χ2v) is 8.91. The van der Waals surface area contributed by atoms with E-state index in [-0.39, 0.29) is 5.91 Å². The summed E-state index contributed by atoms with van der Waals surface area (Å²) in [6.45, 7) is 4.91. The van der Waals surface area contributed by atoms with Crippen molar-refractivity contribution in [2.75, 3.05) is 45.0 Å². The van der Waals surface area contributed by atoms with Gasteiger partial charge in [-0.2, -0.15) is 0 Å². The molecule has 1 aliphatic heterocycles. The van der Waals surface area contributed by atoms with Crippen molar-refractivity contribution in [2.45, 2.75) is 30.9 Å². The molecule has 1 N–H and O–H groups in total. The molecule has 1 saturated carbocycles. The average molecular weight is 382 g/mol. The molecule has 0 aromatic carbocycles. The largest absolute Gasteiger partial charge is 0.350 e. The van der Waals surface area contributed by atoms with E-state index >= 15 is 0 Å². The fourth-order valence-corrected chi connectivity index (χ4v) is 5.25. The molecule has 0 spiro atoms. The summed E-state index contributed by atoms with van der Waals surface area (Å²) in [5.41, 5.74) is 0. The van der Waals surface area contributed by atoms with Gasteiger partial charge in [-0.25, -0.2) is 0 Å². The van der Waals surface area contributed by atoms with Crippen LogP contribution in [0.25, 0.3) is 0 Å². The third-order valence-corrected chi connectivity index (χ3v) is 7.15. The van der Waals surface area contributed by atoms with E-state index in [1.54, 1.807) is 0 Å². The lowest BCUT2D eigenvalue weighted by atomic mass is 10.3. The fourth-order valence-electron chi connectivity index (χ4n) is 3.38. The Kier molecular flexibility index (Phi) is 7.19. The van der Waals surface area contributed by atoms with Crippen LogP contribution >= 0.6 is 23.1 Å². The Morgan fingerprint density at radius 3 is 2.64 bits per heavy atom. The molecule has 0 radical (unpaired) electrons. The quantitative estimate of drug-likeness (QED) is 0.787. The molecule has 2 aliphatic rings. The van der Waals surface area contributed by atoms with Crippen LogP contribution in [0.4, 0.5) is 0 Å². The van der Waals surface area contributed by atoms with Gasteiger partial charge in [-0.15, -0.1) is 23.1 Å². The van der Waals surface area contributed by atoms with Gasteiger partial charge in [0.2, 0.25) is 5.91 Å². The van der Waals surface area contributed by atoms with Crippen LogP contribution in [0.5, 0.6) is 0 Å². The molecular weight excluding hydrogens is 354 g/mol. The predicted octanol–water partition coefficient (Wildman–Crippen LogP) is 2.30. The van der Waals surface area contributed by atoms with Gasteiger partial charge in [-0.3, -0.25) is 14.5 Å². The molecule has 1 aromatic heterocycles. The highest BCUT2D eigenvalue weighted by molar-refractivity contribution is 8.00. The lowest BCUT2D eigenvalue weighted by Crippen LogP contribution is -2.50. The second kappa shape index (κ2) is 9.59. The Morgan fingerprint density at radius 1 is 1.20 bits per heavy atom. The Balaban J connectivity index is 1.29. The van der Waals surface area contributed by atoms with E-state index in [4.69, 9.17) is 0 Å². The number of thioether (sulfide) groups is 1. The third-order valence-electron chi connectivity index (χ3n) is 4.93. The molecule has 138 valence electrons. The highest BCUT2D eigenvalue weighted by Gasteiger charge is 2.23. The molecule has 0 unspecified atom stereocenters. The van der Waals surface area contributed by atoms with Crippen LogP contribution in [-0.4, -0.2) is 71.9 Å². The van der Waals surface area contributed by atoms with Gasteiger partial charge in [0, 0.05) is 44.5 Å². The van der Waals surface area contributed by atoms with E-state index in [0.717, 1.165) is 37.6 Å². The van der Waals surface area contributed by atoms with Crippen molar-refractivity contribution in [1.29, 1.82) is 0 Å². The minimum absolute atomic E-state index is 0.00718. The first-order valence-corrected chi connectivity index (χ1v) is 11.1. The summed E-state index contributed by atoms with van der Waals surface area (Å²) >= 11 is 3.31. The van der Waals surface area contributed by atoms with Gasteiger partial charge in [0.15, 0.2) is 0 Å². The number of amides is 2. The molecule has 25 heavy (non-hydrogen) atoms. The Hall–Kier alpha value is -1.05. The number of rotatable bonds is 7. The van der Waals surface area contributed by atoms with Gasteiger partial charge >= 0.3 is 0 Å². The van der Waals surface area contributed by atoms with Crippen LogP contribution in [0.1, 0.15) is 35.4 Å². The van der Waals surface area contributed by atoms with E-state index in [1.807, 2.05) is 34.2 Å². The number of thiophene rings is 1. The molecule has 1 aromatic rings. The number of piperazine rings is 1. The van der Waals surface area contributed by atoms with Crippen LogP contribution in [0, 0.1) is 0 Å². The van der Waals surface area contributed by atoms with Crippen LogP contribution in [0.2, 0.25) is 0 Å². The van der Waals surface area contributed by atoms with Crippen molar-refractivity contribution >= 4 is 34.9 Å². The topological polar surface area (TPSA) is 52.7 Å². The molecule has 0 atom stereocenters. The second-order valence-electron chi connectivity index (χ2n) is 6.67. The van der Waals surface area contributed by atoms with Crippen LogP contribution in [0.3, 0.4) is 0 Å². The van der Waals surface area contributed by atoms with Crippen molar-refractivity contribution in [3.05, 3.63) is 22.4 Å². The normalized spacial score (nSPS) is 19.3. The zero-order valence-electron chi connectivity index (χ0n) is 14.6. The van der Waals surface area contributed by atoms with Crippen LogP contribution < -0.4 is 5.32 Å². The van der Waals surface area contributed by atoms with E-state index in [2.05, 4.69) is 10.2 Å². The molecule has 5 nitrogen and oxygen atoms in total. The zero-order valence-corrected chi connectivity index (χ0v) is 16.2. The molecule has 3 rings (SSSR count). The van der Waals surface area contributed by atoms with Crippen molar-refractivity contribution in [2.24, 2.45) is 0 Å². The predicted molar refractivity (Wildman–Crippen MR) is 104 cm³/mol. The van der Waals surface area contributed by atoms with E-state index in [9.17, 15) is 9.59 Å². The number of carbonyl (C=O) groups is 2. The minimum Gasteiger partial charge on any atom is -0.350 e. The average Bonchev–Trinajstić information content (AvgIpc) is 3.34. The summed E-state index contributed by atoms with van der Waals surface area (Å²) in [6, 6.07) is 3.73. The highest BCUT2D eigenvalue weighted by atomic mass is 32.2. The maximum atomic E-state index is 12.3. The SMILES string of the molecule is O=C(NCCN1CCN(C(=O)CSC2CCCC2)CC1)c1cccs1. The molecule has 7 heteroatoms. The number of carbonyl (C=O) groups excluding carboxylic acids is 2. The van der Waals surface area contributed by atoms with E-state index in [1.165, 1.54) is 37.0 Å². The fraction of sp³-hybridized carbons (Fsp3) is 0.667. The molecule has 2 heterocycles. The Bertz CT molecular complexity index is 551. The lowest BCUT2D eigenvalue weighted by molar-refractivity contribution is -0.130. The van der Waals surface area contributed by atoms with Crippen LogP contribution in [-0.2, 0) is 4.79 Å². The molecule has 1 saturated heterocycles. The maximum Gasteiger partial charge on any atom is 0.261 e. The van der Waals surface area contributed by atoms with Gasteiger partial charge in [0.05, 0.1) is 10.6 Å². The number of hydrogen-bond donors (Lipinski definition) is 1. The zero-order chi connectivity index (χ0) is 17.5. The summed E-state index contributed by atoms with van der Waals surface area (Å²) in [5.74, 6) is 0.942. The standard InChI is InChI=1S/C18H27N3O2S2/c22-17(14-25-15-4-1-2-5-15)21-11-9-20(10-12-21)8-7-19-18(23)16-6-3-13-24-16/h3,6,13,15H,1-2,4-5,7-12,14H2,(H,19,23). The maximum absolute atomic E-state index is 12.3. The Morgan fingerprint density at radius 2 is 1.96 bits per heavy atom. The smallest absolute Gasteiger partial charge is 0.261 e. The number of nitrogens with one attached hydrogen (secondary N) is 1. The first kappa shape index (κ1) is 18.7. The van der Waals surface area contributed by atoms with Gasteiger partial charge in [0.1, 0.15) is 0 Å². The molecule has 1 aliphatic carbocycles. The molecule has 2 fully saturated rings. The number of hydrogen-bond acceptors (Lipinski definition) is 5. The first-order chi connectivity index (χ1) is 12.2. The lowest BCUT2D eigenvalue weighted by Gasteiger charge is -2.34. The summed E-state index contributed by atoms with van der Waals surface area (Å²) < 4.78 is 0. The minimum atomic E-state index is 0.00718. The van der Waals surface area contributed by atoms with Crippen molar-refractivity contribution in [3.8, 4) is 0 Å². The van der Waals surface area contributed by atoms with Crippen molar-refractivity contribution in [1.82, 2.24) is 15.1 Å². The summed E-state index contributed by atoms with van der Waals surface area (Å²) in [7, 11) is 0. The van der Waals surface area contributed by atoms with Crippen molar-refractivity contribution in [3.63, 3.8) is 0 Å². The molecule has 2 amide bonds. The number of nitrogens with zero attached hydrogens (tertiary/aromatic N) is 2. The summed E-state index contributed by atoms with van der Waals surface area (Å²) in [4.78, 5) is 29.3. The van der Waals surface area contributed by atoms with Gasteiger partial charge in [-0.1, -0.05) is 18.9 Å². The summed E-state index contributed by atoms with van der Waals surface area (Å²) in [6.07, 6.45) is 5.22. The molecular formula is C18H27N3O2S2. The molecule has 0 bridgehead atoms. The summed E-state index contributed by atoms with van der Waals surface area (Å²) in [5, 5.41) is 5.58. The van der Waals surface area contributed by atoms with Gasteiger partial charge < -0.3 is 10.2 Å². The van der Waals surface area contributed by atoms with Crippen LogP contribution in [0.15, 0.2) is 17.5 Å². The Labute approximate surface area is 158 Å². The highest BCUT2D eigenvalue weighted by Crippen LogP contribution is 2.29.